The van der Waals surface area contributed by atoms with Crippen LogP contribution in [-0.4, -0.2) is 50.4 Å². The van der Waals surface area contributed by atoms with Crippen molar-refractivity contribution in [2.75, 3.05) is 25.1 Å². The maximum atomic E-state index is 11.9. The van der Waals surface area contributed by atoms with Gasteiger partial charge in [-0.15, -0.1) is 0 Å². The van der Waals surface area contributed by atoms with E-state index in [2.05, 4.69) is 22.3 Å². The number of carbonyl (C=O) groups excluding carboxylic acids is 1. The van der Waals surface area contributed by atoms with E-state index in [-0.39, 0.29) is 11.9 Å². The van der Waals surface area contributed by atoms with E-state index in [4.69, 9.17) is 4.42 Å². The Balaban J connectivity index is 1.27. The summed E-state index contributed by atoms with van der Waals surface area (Å²) in [5.41, 5.74) is 2.47. The number of fused-ring (bicyclic) bond motifs is 1. The second kappa shape index (κ2) is 9.74. The van der Waals surface area contributed by atoms with Gasteiger partial charge in [0.05, 0.1) is 6.26 Å². The van der Waals surface area contributed by atoms with Gasteiger partial charge in [0, 0.05) is 29.5 Å². The first-order chi connectivity index (χ1) is 14.9. The fourth-order valence-electron chi connectivity index (χ4n) is 5.25. The summed E-state index contributed by atoms with van der Waals surface area (Å²) in [4.78, 5) is 14.5. The van der Waals surface area contributed by atoms with E-state index in [9.17, 15) is 13.2 Å². The molecular formula is C24H34N2O4S. The molecule has 2 fully saturated rings. The lowest BCUT2D eigenvalue weighted by Crippen LogP contribution is -2.41. The van der Waals surface area contributed by atoms with Crippen molar-refractivity contribution in [2.24, 2.45) is 5.92 Å². The van der Waals surface area contributed by atoms with Crippen LogP contribution in [-0.2, 0) is 14.6 Å². The number of nitrogens with zero attached hydrogens (tertiary/aromatic N) is 1. The van der Waals surface area contributed by atoms with Gasteiger partial charge in [0.15, 0.2) is 9.84 Å². The molecule has 2 aliphatic heterocycles. The molecule has 0 aromatic heterocycles. The Morgan fingerprint density at radius 1 is 1.16 bits per heavy atom. The van der Waals surface area contributed by atoms with Crippen molar-refractivity contribution in [1.29, 1.82) is 0 Å². The van der Waals surface area contributed by atoms with Gasteiger partial charge in [-0.25, -0.2) is 8.42 Å². The Morgan fingerprint density at radius 3 is 2.74 bits per heavy atom. The predicted molar refractivity (Wildman–Crippen MR) is 122 cm³/mol. The highest BCUT2D eigenvalue weighted by molar-refractivity contribution is 7.91. The monoisotopic (exact) mass is 446 g/mol. The van der Waals surface area contributed by atoms with Crippen molar-refractivity contribution in [3.05, 3.63) is 36.1 Å². The molecule has 170 valence electrons. The largest absolute Gasteiger partial charge is 0.464 e. The summed E-state index contributed by atoms with van der Waals surface area (Å²) in [7, 11) is -3.27. The molecule has 4 rings (SSSR count). The van der Waals surface area contributed by atoms with Gasteiger partial charge in [0.25, 0.3) is 0 Å². The molecule has 1 unspecified atom stereocenters. The quantitative estimate of drug-likeness (QED) is 0.695. The zero-order valence-electron chi connectivity index (χ0n) is 18.4. The normalized spacial score (nSPS) is 25.5. The molecule has 7 heteroatoms. The summed E-state index contributed by atoms with van der Waals surface area (Å²) in [5.74, 6) is 0.847. The van der Waals surface area contributed by atoms with Crippen molar-refractivity contribution in [1.82, 2.24) is 10.2 Å². The van der Waals surface area contributed by atoms with Gasteiger partial charge in [0.1, 0.15) is 11.5 Å². The van der Waals surface area contributed by atoms with Crippen LogP contribution >= 0.6 is 0 Å². The van der Waals surface area contributed by atoms with E-state index in [1.54, 1.807) is 0 Å². The fourth-order valence-corrected chi connectivity index (χ4v) is 5.81. The molecule has 6 nitrogen and oxygen atoms in total. The van der Waals surface area contributed by atoms with Crippen LogP contribution < -0.4 is 5.32 Å². The highest BCUT2D eigenvalue weighted by Gasteiger charge is 2.28. The van der Waals surface area contributed by atoms with Crippen LogP contribution in [0.25, 0.3) is 11.3 Å². The molecule has 1 amide bonds. The maximum Gasteiger partial charge on any atom is 0.235 e. The number of carbonyl (C=O) groups is 1. The van der Waals surface area contributed by atoms with Crippen LogP contribution in [0.1, 0.15) is 63.0 Å². The molecule has 1 N–H and O–H groups in total. The molecule has 0 aromatic rings. The number of piperidine rings is 1. The minimum Gasteiger partial charge on any atom is -0.464 e. The van der Waals surface area contributed by atoms with E-state index in [1.807, 2.05) is 18.4 Å². The molecule has 31 heavy (non-hydrogen) atoms. The fraction of sp³-hybridized carbons (Fsp3) is 0.625. The number of sulfone groups is 1. The van der Waals surface area contributed by atoms with Crippen molar-refractivity contribution in [3.8, 4) is 11.3 Å². The minimum absolute atomic E-state index is 0.117. The van der Waals surface area contributed by atoms with Gasteiger partial charge in [-0.05, 0) is 76.1 Å². The van der Waals surface area contributed by atoms with E-state index in [0.29, 0.717) is 12.0 Å². The zero-order valence-corrected chi connectivity index (χ0v) is 19.2. The van der Waals surface area contributed by atoms with Gasteiger partial charge in [0.2, 0.25) is 5.91 Å². The van der Waals surface area contributed by atoms with Crippen molar-refractivity contribution >= 4 is 15.7 Å². The molecular weight excluding hydrogens is 412 g/mol. The summed E-state index contributed by atoms with van der Waals surface area (Å²) in [5, 5.41) is 2.90. The molecule has 2 aliphatic carbocycles. The molecule has 1 atom stereocenters. The molecule has 0 radical (unpaired) electrons. The molecule has 0 spiro atoms. The van der Waals surface area contributed by atoms with Crippen molar-refractivity contribution < 1.29 is 17.6 Å². The van der Waals surface area contributed by atoms with Crippen LogP contribution in [0.2, 0.25) is 0 Å². The third-order valence-corrected chi connectivity index (χ3v) is 7.67. The molecule has 2 heterocycles. The highest BCUT2D eigenvalue weighted by atomic mass is 32.2. The lowest BCUT2D eigenvalue weighted by molar-refractivity contribution is -0.119. The SMILES string of the molecule is CS(=O)(=O)CC(=O)NC1CCC(CCN2CCCCC2c2coc3cccc-3c2)CC1. The Morgan fingerprint density at radius 2 is 1.97 bits per heavy atom. The summed E-state index contributed by atoms with van der Waals surface area (Å²) < 4.78 is 28.4. The summed E-state index contributed by atoms with van der Waals surface area (Å²) in [6, 6.07) is 9.00. The number of amides is 1. The van der Waals surface area contributed by atoms with Crippen LogP contribution in [0.3, 0.4) is 0 Å². The molecule has 0 aromatic carbocycles. The number of likely N-dealkylation sites (tertiary alicyclic amines) is 1. The van der Waals surface area contributed by atoms with E-state index in [0.717, 1.165) is 50.8 Å². The highest BCUT2D eigenvalue weighted by Crippen LogP contribution is 2.36. The molecule has 0 bridgehead atoms. The standard InChI is InChI=1S/C24H34N2O4S/c1-31(28,29)17-24(27)25-21-10-8-18(9-11-21)12-14-26-13-3-2-6-22(26)20-15-19-5-4-7-23(19)30-16-20/h4-5,7,15-16,18,21-22H,2-3,6,8-14,17H2,1H3,(H,25,27). The van der Waals surface area contributed by atoms with Gasteiger partial charge in [-0.3, -0.25) is 9.69 Å². The van der Waals surface area contributed by atoms with Gasteiger partial charge in [-0.2, -0.15) is 0 Å². The molecule has 4 aliphatic rings. The van der Waals surface area contributed by atoms with Crippen molar-refractivity contribution in [3.63, 3.8) is 0 Å². The number of nitrogens with one attached hydrogen (secondary N) is 1. The maximum absolute atomic E-state index is 11.9. The van der Waals surface area contributed by atoms with Crippen LogP contribution in [0.5, 0.6) is 0 Å². The Labute approximate surface area is 185 Å². The summed E-state index contributed by atoms with van der Waals surface area (Å²) in [6.45, 7) is 2.24. The average Bonchev–Trinajstić information content (AvgIpc) is 3.20. The first kappa shape index (κ1) is 22.3. The van der Waals surface area contributed by atoms with Crippen LogP contribution in [0.4, 0.5) is 0 Å². The van der Waals surface area contributed by atoms with Crippen LogP contribution in [0.15, 0.2) is 34.9 Å². The Bertz CT molecular complexity index is 946. The van der Waals surface area contributed by atoms with E-state index < -0.39 is 15.6 Å². The second-order valence-corrected chi connectivity index (χ2v) is 11.6. The Kier molecular flexibility index (Phi) is 7.02. The van der Waals surface area contributed by atoms with Gasteiger partial charge in [-0.1, -0.05) is 18.6 Å². The van der Waals surface area contributed by atoms with Gasteiger partial charge >= 0.3 is 0 Å². The Hall–Kier alpha value is -1.86. The molecule has 1 saturated carbocycles. The number of rotatable bonds is 7. The first-order valence-electron chi connectivity index (χ1n) is 11.6. The van der Waals surface area contributed by atoms with E-state index in [1.165, 1.54) is 36.8 Å². The number of hydrogen-bond donors (Lipinski definition) is 1. The zero-order chi connectivity index (χ0) is 21.8. The predicted octanol–water partition coefficient (Wildman–Crippen LogP) is 4.02. The first-order valence-corrected chi connectivity index (χ1v) is 13.6. The average molecular weight is 447 g/mol. The second-order valence-electron chi connectivity index (χ2n) is 9.42. The lowest BCUT2D eigenvalue weighted by Gasteiger charge is -2.37. The smallest absolute Gasteiger partial charge is 0.235 e. The molecule has 1 saturated heterocycles. The summed E-state index contributed by atoms with van der Waals surface area (Å²) >= 11 is 0. The van der Waals surface area contributed by atoms with Gasteiger partial charge < -0.3 is 9.73 Å². The number of hydrogen-bond acceptors (Lipinski definition) is 5. The van der Waals surface area contributed by atoms with Crippen molar-refractivity contribution in [2.45, 2.75) is 63.5 Å². The lowest BCUT2D eigenvalue weighted by atomic mass is 9.83. The third kappa shape index (κ3) is 6.10. The minimum atomic E-state index is -3.27. The summed E-state index contributed by atoms with van der Waals surface area (Å²) in [6.07, 6.45) is 12.0. The van der Waals surface area contributed by atoms with Crippen LogP contribution in [0, 0.1) is 5.92 Å². The third-order valence-electron chi connectivity index (χ3n) is 6.88. The van der Waals surface area contributed by atoms with E-state index >= 15 is 0 Å². The topological polar surface area (TPSA) is 79.6 Å².